The topological polar surface area (TPSA) is 49.4 Å². The lowest BCUT2D eigenvalue weighted by molar-refractivity contribution is -0.132. The van der Waals surface area contributed by atoms with E-state index in [4.69, 9.17) is 0 Å². The Balaban J connectivity index is 1.50. The van der Waals surface area contributed by atoms with Crippen molar-refractivity contribution in [1.29, 1.82) is 0 Å². The largest absolute Gasteiger partial charge is 0.349 e. The van der Waals surface area contributed by atoms with Gasteiger partial charge in [0.25, 0.3) is 0 Å². The molecule has 4 heteroatoms. The minimum Gasteiger partial charge on any atom is -0.349 e. The number of hydrogen-bond donors (Lipinski definition) is 1. The van der Waals surface area contributed by atoms with Crippen molar-refractivity contribution in [2.75, 3.05) is 13.1 Å². The summed E-state index contributed by atoms with van der Waals surface area (Å²) in [7, 11) is 0. The summed E-state index contributed by atoms with van der Waals surface area (Å²) in [5, 5.41) is 3.21. The zero-order chi connectivity index (χ0) is 20.6. The van der Waals surface area contributed by atoms with Gasteiger partial charge >= 0.3 is 0 Å². The Morgan fingerprint density at radius 3 is 2.34 bits per heavy atom. The molecule has 0 radical (unpaired) electrons. The normalized spacial score (nSPS) is 16.0. The number of rotatable bonds is 6. The summed E-state index contributed by atoms with van der Waals surface area (Å²) in [6, 6.07) is 18.2. The second-order valence-corrected chi connectivity index (χ2v) is 7.72. The molecule has 2 aromatic rings. The summed E-state index contributed by atoms with van der Waals surface area (Å²) in [6.07, 6.45) is 5.74. The smallest absolute Gasteiger partial charge is 0.246 e. The fraction of sp³-hybridized carbons (Fsp3) is 0.360. The van der Waals surface area contributed by atoms with Crippen LogP contribution in [-0.2, 0) is 9.59 Å². The van der Waals surface area contributed by atoms with E-state index >= 15 is 0 Å². The summed E-state index contributed by atoms with van der Waals surface area (Å²) in [4.78, 5) is 27.0. The van der Waals surface area contributed by atoms with Crippen LogP contribution in [0.2, 0.25) is 0 Å². The number of likely N-dealkylation sites (tertiary alicyclic amines) is 1. The number of nitrogens with zero attached hydrogens (tertiary/aromatic N) is 1. The van der Waals surface area contributed by atoms with Gasteiger partial charge in [-0.3, -0.25) is 9.59 Å². The highest BCUT2D eigenvalue weighted by Gasteiger charge is 2.27. The number of amides is 2. The molecule has 0 aromatic heterocycles. The van der Waals surface area contributed by atoms with Gasteiger partial charge in [-0.1, -0.05) is 67.1 Å². The van der Waals surface area contributed by atoms with E-state index in [-0.39, 0.29) is 23.8 Å². The van der Waals surface area contributed by atoms with E-state index in [0.717, 1.165) is 17.5 Å². The molecule has 0 spiro atoms. The highest BCUT2D eigenvalue weighted by Crippen LogP contribution is 2.22. The molecule has 1 aliphatic heterocycles. The molecule has 1 unspecified atom stereocenters. The lowest BCUT2D eigenvalue weighted by atomic mass is 9.94. The van der Waals surface area contributed by atoms with Crippen LogP contribution in [0.15, 0.2) is 60.7 Å². The Morgan fingerprint density at radius 1 is 1.07 bits per heavy atom. The third-order valence-electron chi connectivity index (χ3n) is 5.60. The highest BCUT2D eigenvalue weighted by atomic mass is 16.2. The first kappa shape index (κ1) is 20.8. The van der Waals surface area contributed by atoms with Gasteiger partial charge in [-0.25, -0.2) is 0 Å². The molecule has 0 saturated carbocycles. The molecule has 1 saturated heterocycles. The predicted octanol–water partition coefficient (Wildman–Crippen LogP) is 4.51. The SMILES string of the molecule is CCC(NC(=O)C1CCN(C(=O)C=Cc2ccccc2)CC1)c1ccc(C)cc1. The average Bonchev–Trinajstić information content (AvgIpc) is 2.77. The predicted molar refractivity (Wildman–Crippen MR) is 117 cm³/mol. The third kappa shape index (κ3) is 5.80. The second kappa shape index (κ2) is 10.1. The maximum absolute atomic E-state index is 12.8. The van der Waals surface area contributed by atoms with Crippen molar-refractivity contribution in [2.45, 2.75) is 39.2 Å². The van der Waals surface area contributed by atoms with Gasteiger partial charge in [0.1, 0.15) is 0 Å². The van der Waals surface area contributed by atoms with Crippen molar-refractivity contribution in [3.05, 3.63) is 77.4 Å². The molecule has 1 fully saturated rings. The van der Waals surface area contributed by atoms with Crippen LogP contribution in [0.3, 0.4) is 0 Å². The van der Waals surface area contributed by atoms with Crippen LogP contribution < -0.4 is 5.32 Å². The van der Waals surface area contributed by atoms with Crippen molar-refractivity contribution < 1.29 is 9.59 Å². The fourth-order valence-corrected chi connectivity index (χ4v) is 3.71. The van der Waals surface area contributed by atoms with Gasteiger partial charge in [-0.15, -0.1) is 0 Å². The van der Waals surface area contributed by atoms with E-state index in [9.17, 15) is 9.59 Å². The minimum atomic E-state index is -0.0309. The van der Waals surface area contributed by atoms with E-state index in [2.05, 4.69) is 43.4 Å². The Bertz CT molecular complexity index is 835. The lowest BCUT2D eigenvalue weighted by Crippen LogP contribution is -2.43. The number of piperidine rings is 1. The summed E-state index contributed by atoms with van der Waals surface area (Å²) in [5.41, 5.74) is 3.37. The Morgan fingerprint density at radius 2 is 1.72 bits per heavy atom. The quantitative estimate of drug-likeness (QED) is 0.738. The van der Waals surface area contributed by atoms with Crippen molar-refractivity contribution in [1.82, 2.24) is 10.2 Å². The number of carbonyl (C=O) groups is 2. The van der Waals surface area contributed by atoms with Crippen molar-refractivity contribution in [3.8, 4) is 0 Å². The summed E-state index contributed by atoms with van der Waals surface area (Å²) >= 11 is 0. The Hall–Kier alpha value is -2.88. The summed E-state index contributed by atoms with van der Waals surface area (Å²) in [5.74, 6) is 0.0832. The third-order valence-corrected chi connectivity index (χ3v) is 5.60. The minimum absolute atomic E-state index is 0.0128. The molecular formula is C25H30N2O2. The molecule has 152 valence electrons. The molecule has 3 rings (SSSR count). The van der Waals surface area contributed by atoms with Gasteiger partial charge in [-0.2, -0.15) is 0 Å². The standard InChI is InChI=1S/C25H30N2O2/c1-3-23(21-12-9-19(2)10-13-21)26-25(29)22-15-17-27(18-16-22)24(28)14-11-20-7-5-4-6-8-20/h4-14,22-23H,3,15-18H2,1-2H3,(H,26,29). The zero-order valence-electron chi connectivity index (χ0n) is 17.3. The van der Waals surface area contributed by atoms with Gasteiger partial charge in [0.05, 0.1) is 6.04 Å². The monoisotopic (exact) mass is 390 g/mol. The summed E-state index contributed by atoms with van der Waals surface area (Å²) in [6.45, 7) is 5.40. The first-order chi connectivity index (χ1) is 14.1. The Labute approximate surface area is 173 Å². The first-order valence-corrected chi connectivity index (χ1v) is 10.5. The molecular weight excluding hydrogens is 360 g/mol. The van der Waals surface area contributed by atoms with E-state index in [1.165, 1.54) is 5.56 Å². The fourth-order valence-electron chi connectivity index (χ4n) is 3.71. The number of carbonyl (C=O) groups excluding carboxylic acids is 2. The molecule has 0 aliphatic carbocycles. The van der Waals surface area contributed by atoms with Gasteiger partial charge in [0.15, 0.2) is 0 Å². The number of hydrogen-bond acceptors (Lipinski definition) is 2. The molecule has 1 heterocycles. The van der Waals surface area contributed by atoms with Crippen LogP contribution in [0.25, 0.3) is 6.08 Å². The van der Waals surface area contributed by atoms with Crippen LogP contribution in [0.1, 0.15) is 48.9 Å². The van der Waals surface area contributed by atoms with E-state index in [0.29, 0.717) is 25.9 Å². The maximum atomic E-state index is 12.8. The van der Waals surface area contributed by atoms with E-state index in [1.54, 1.807) is 6.08 Å². The average molecular weight is 391 g/mol. The molecule has 4 nitrogen and oxygen atoms in total. The first-order valence-electron chi connectivity index (χ1n) is 10.5. The molecule has 1 atom stereocenters. The molecule has 1 aliphatic rings. The van der Waals surface area contributed by atoms with Gasteiger partial charge in [0, 0.05) is 25.1 Å². The molecule has 2 aromatic carbocycles. The van der Waals surface area contributed by atoms with Crippen LogP contribution in [0.4, 0.5) is 0 Å². The van der Waals surface area contributed by atoms with Gasteiger partial charge < -0.3 is 10.2 Å². The molecule has 2 amide bonds. The number of benzene rings is 2. The van der Waals surface area contributed by atoms with Crippen molar-refractivity contribution >= 4 is 17.9 Å². The lowest BCUT2D eigenvalue weighted by Gasteiger charge is -2.31. The maximum Gasteiger partial charge on any atom is 0.246 e. The van der Waals surface area contributed by atoms with E-state index < -0.39 is 0 Å². The van der Waals surface area contributed by atoms with Crippen LogP contribution in [0.5, 0.6) is 0 Å². The van der Waals surface area contributed by atoms with Crippen LogP contribution >= 0.6 is 0 Å². The van der Waals surface area contributed by atoms with Crippen LogP contribution in [-0.4, -0.2) is 29.8 Å². The van der Waals surface area contributed by atoms with E-state index in [1.807, 2.05) is 41.3 Å². The molecule has 1 N–H and O–H groups in total. The second-order valence-electron chi connectivity index (χ2n) is 7.72. The van der Waals surface area contributed by atoms with Gasteiger partial charge in [-0.05, 0) is 43.4 Å². The van der Waals surface area contributed by atoms with Crippen LogP contribution in [0, 0.1) is 12.8 Å². The molecule has 0 bridgehead atoms. The zero-order valence-corrected chi connectivity index (χ0v) is 17.3. The highest BCUT2D eigenvalue weighted by molar-refractivity contribution is 5.92. The summed E-state index contributed by atoms with van der Waals surface area (Å²) < 4.78 is 0. The number of aryl methyl sites for hydroxylation is 1. The number of nitrogens with one attached hydrogen (secondary N) is 1. The molecule has 29 heavy (non-hydrogen) atoms. The van der Waals surface area contributed by atoms with Crippen molar-refractivity contribution in [2.24, 2.45) is 5.92 Å². The Kier molecular flexibility index (Phi) is 7.23. The van der Waals surface area contributed by atoms with Gasteiger partial charge in [0.2, 0.25) is 11.8 Å². The van der Waals surface area contributed by atoms with Crippen molar-refractivity contribution in [3.63, 3.8) is 0 Å².